The lowest BCUT2D eigenvalue weighted by molar-refractivity contribution is -0.384. The molecule has 3 rings (SSSR count). The fourth-order valence-corrected chi connectivity index (χ4v) is 3.60. The molecule has 0 aliphatic heterocycles. The zero-order chi connectivity index (χ0) is 20.3. The van der Waals surface area contributed by atoms with Crippen molar-refractivity contribution in [1.82, 2.24) is 9.55 Å². The Morgan fingerprint density at radius 2 is 2.07 bits per heavy atom. The van der Waals surface area contributed by atoms with Gasteiger partial charge in [0.2, 0.25) is 5.91 Å². The van der Waals surface area contributed by atoms with E-state index in [0.717, 1.165) is 5.69 Å². The van der Waals surface area contributed by atoms with Crippen molar-refractivity contribution in [3.8, 4) is 5.69 Å². The molecule has 28 heavy (non-hydrogen) atoms. The maximum Gasteiger partial charge on any atom is 0.271 e. The number of imidazole rings is 1. The summed E-state index contributed by atoms with van der Waals surface area (Å²) in [5.74, 6) is -0.354. The van der Waals surface area contributed by atoms with Crippen LogP contribution in [0.25, 0.3) is 5.69 Å². The Hall–Kier alpha value is -2.55. The van der Waals surface area contributed by atoms with Gasteiger partial charge >= 0.3 is 0 Å². The minimum atomic E-state index is -0.550. The van der Waals surface area contributed by atoms with E-state index >= 15 is 0 Å². The minimum absolute atomic E-state index is 0.156. The van der Waals surface area contributed by atoms with E-state index < -0.39 is 10.2 Å². The van der Waals surface area contributed by atoms with Crippen molar-refractivity contribution in [2.45, 2.75) is 17.3 Å². The lowest BCUT2D eigenvalue weighted by Crippen LogP contribution is -2.23. The van der Waals surface area contributed by atoms with Crippen LogP contribution >= 0.6 is 35.0 Å². The zero-order valence-corrected chi connectivity index (χ0v) is 16.8. The van der Waals surface area contributed by atoms with Gasteiger partial charge in [-0.15, -0.1) is 0 Å². The van der Waals surface area contributed by atoms with Crippen LogP contribution in [0.3, 0.4) is 0 Å². The minimum Gasteiger partial charge on any atom is -0.324 e. The maximum absolute atomic E-state index is 12.6. The molecular formula is C18H14Cl2N4O3S. The van der Waals surface area contributed by atoms with Crippen molar-refractivity contribution in [3.05, 3.63) is 75.0 Å². The van der Waals surface area contributed by atoms with Crippen LogP contribution < -0.4 is 5.32 Å². The Bertz CT molecular complexity index is 1040. The van der Waals surface area contributed by atoms with Gasteiger partial charge in [0.1, 0.15) is 0 Å². The Balaban J connectivity index is 1.75. The summed E-state index contributed by atoms with van der Waals surface area (Å²) in [7, 11) is 0. The Kier molecular flexibility index (Phi) is 6.23. The highest BCUT2D eigenvalue weighted by atomic mass is 35.5. The molecule has 3 aromatic rings. The molecule has 1 aromatic heterocycles. The highest BCUT2D eigenvalue weighted by molar-refractivity contribution is 8.00. The summed E-state index contributed by atoms with van der Waals surface area (Å²) in [6.07, 6.45) is 3.40. The second-order valence-electron chi connectivity index (χ2n) is 5.73. The van der Waals surface area contributed by atoms with Gasteiger partial charge in [0, 0.05) is 35.2 Å². The molecule has 0 bridgehead atoms. The first-order valence-corrected chi connectivity index (χ1v) is 9.69. The van der Waals surface area contributed by atoms with E-state index in [1.165, 1.54) is 30.0 Å². The molecular weight excluding hydrogens is 423 g/mol. The Labute approximate surface area is 174 Å². The van der Waals surface area contributed by atoms with Crippen LogP contribution in [0.2, 0.25) is 10.0 Å². The third-order valence-electron chi connectivity index (χ3n) is 3.76. The van der Waals surface area contributed by atoms with Gasteiger partial charge in [-0.25, -0.2) is 4.98 Å². The molecule has 144 valence electrons. The predicted molar refractivity (Wildman–Crippen MR) is 111 cm³/mol. The number of aromatic nitrogens is 2. The van der Waals surface area contributed by atoms with E-state index in [4.69, 9.17) is 23.2 Å². The van der Waals surface area contributed by atoms with Crippen molar-refractivity contribution in [1.29, 1.82) is 0 Å². The highest BCUT2D eigenvalue weighted by Gasteiger charge is 2.20. The molecule has 1 heterocycles. The first-order chi connectivity index (χ1) is 13.3. The lowest BCUT2D eigenvalue weighted by atomic mass is 10.2. The van der Waals surface area contributed by atoms with Gasteiger partial charge in [-0.1, -0.05) is 41.0 Å². The van der Waals surface area contributed by atoms with Crippen LogP contribution in [-0.4, -0.2) is 25.6 Å². The predicted octanol–water partition coefficient (Wildman–Crippen LogP) is 5.21. The number of carbonyl (C=O) groups is 1. The number of nitrogens with zero attached hydrogens (tertiary/aromatic N) is 3. The molecule has 0 saturated carbocycles. The number of hydrogen-bond acceptors (Lipinski definition) is 5. The molecule has 1 unspecified atom stereocenters. The second kappa shape index (κ2) is 8.64. The Morgan fingerprint density at radius 3 is 2.79 bits per heavy atom. The number of benzene rings is 2. The first kappa shape index (κ1) is 20.2. The normalized spacial score (nSPS) is 11.8. The van der Waals surface area contributed by atoms with Crippen molar-refractivity contribution >= 4 is 52.2 Å². The summed E-state index contributed by atoms with van der Waals surface area (Å²) in [4.78, 5) is 27.2. The number of carbonyl (C=O) groups excluding carboxylic acids is 1. The molecule has 0 aliphatic carbocycles. The van der Waals surface area contributed by atoms with Crippen molar-refractivity contribution in [2.75, 3.05) is 5.32 Å². The monoisotopic (exact) mass is 436 g/mol. The van der Waals surface area contributed by atoms with Crippen LogP contribution in [0, 0.1) is 10.1 Å². The maximum atomic E-state index is 12.6. The number of nitro benzene ring substituents is 1. The highest BCUT2D eigenvalue weighted by Crippen LogP contribution is 2.29. The molecule has 1 atom stereocenters. The number of nitrogens with one attached hydrogen (secondary N) is 1. The van der Waals surface area contributed by atoms with Crippen LogP contribution in [0.15, 0.2) is 60.0 Å². The third-order valence-corrected chi connectivity index (χ3v) is 5.41. The summed E-state index contributed by atoms with van der Waals surface area (Å²) in [5.41, 5.74) is 0.852. The fraction of sp³-hybridized carbons (Fsp3) is 0.111. The molecule has 7 nitrogen and oxygen atoms in total. The zero-order valence-electron chi connectivity index (χ0n) is 14.5. The van der Waals surface area contributed by atoms with Crippen LogP contribution in [0.4, 0.5) is 11.4 Å². The molecule has 2 aromatic carbocycles. The van der Waals surface area contributed by atoms with E-state index in [9.17, 15) is 14.9 Å². The summed E-state index contributed by atoms with van der Waals surface area (Å²) in [5, 5.41) is 14.4. The summed E-state index contributed by atoms with van der Waals surface area (Å²) in [6, 6.07) is 11.1. The van der Waals surface area contributed by atoms with E-state index in [1.54, 1.807) is 31.5 Å². The molecule has 1 N–H and O–H groups in total. The number of halogens is 2. The fourth-order valence-electron chi connectivity index (χ4n) is 2.37. The van der Waals surface area contributed by atoms with E-state index in [1.807, 2.05) is 16.7 Å². The molecule has 0 aliphatic rings. The average molecular weight is 437 g/mol. The summed E-state index contributed by atoms with van der Waals surface area (Å²) >= 11 is 13.3. The molecule has 0 fully saturated rings. The lowest BCUT2D eigenvalue weighted by Gasteiger charge is -2.14. The number of rotatable bonds is 6. The van der Waals surface area contributed by atoms with Crippen molar-refractivity contribution in [2.24, 2.45) is 0 Å². The van der Waals surface area contributed by atoms with E-state index in [0.29, 0.717) is 10.2 Å². The Morgan fingerprint density at radius 1 is 1.29 bits per heavy atom. The quantitative estimate of drug-likeness (QED) is 0.325. The molecule has 0 spiro atoms. The molecule has 1 amide bonds. The van der Waals surface area contributed by atoms with Gasteiger partial charge in [0.15, 0.2) is 5.16 Å². The summed E-state index contributed by atoms with van der Waals surface area (Å²) < 4.78 is 1.82. The third kappa shape index (κ3) is 4.64. The SMILES string of the molecule is CC(Sc1nccn1-c1cccc(Cl)c1)C(=O)Nc1cc([N+](=O)[O-])ccc1Cl. The number of thioether (sulfide) groups is 1. The van der Waals surface area contributed by atoms with E-state index in [2.05, 4.69) is 10.3 Å². The number of amides is 1. The van der Waals surface area contributed by atoms with Crippen LogP contribution in [0.5, 0.6) is 0 Å². The molecule has 0 radical (unpaired) electrons. The number of non-ortho nitro benzene ring substituents is 1. The topological polar surface area (TPSA) is 90.1 Å². The van der Waals surface area contributed by atoms with Gasteiger partial charge in [-0.3, -0.25) is 19.5 Å². The largest absolute Gasteiger partial charge is 0.324 e. The first-order valence-electron chi connectivity index (χ1n) is 8.06. The van der Waals surface area contributed by atoms with Crippen molar-refractivity contribution in [3.63, 3.8) is 0 Å². The number of anilines is 1. The number of hydrogen-bond donors (Lipinski definition) is 1. The van der Waals surface area contributed by atoms with Gasteiger partial charge < -0.3 is 5.32 Å². The second-order valence-corrected chi connectivity index (χ2v) is 7.88. The average Bonchev–Trinajstić information content (AvgIpc) is 3.11. The summed E-state index contributed by atoms with van der Waals surface area (Å²) in [6.45, 7) is 1.71. The van der Waals surface area contributed by atoms with Gasteiger partial charge in [0.25, 0.3) is 5.69 Å². The van der Waals surface area contributed by atoms with Gasteiger partial charge in [-0.05, 0) is 31.2 Å². The smallest absolute Gasteiger partial charge is 0.271 e. The molecule has 10 heteroatoms. The van der Waals surface area contributed by atoms with Gasteiger partial charge in [0.05, 0.1) is 20.9 Å². The van der Waals surface area contributed by atoms with Crippen LogP contribution in [0.1, 0.15) is 6.92 Å². The van der Waals surface area contributed by atoms with E-state index in [-0.39, 0.29) is 22.3 Å². The van der Waals surface area contributed by atoms with Crippen LogP contribution in [-0.2, 0) is 4.79 Å². The number of nitro groups is 1. The van der Waals surface area contributed by atoms with Crippen molar-refractivity contribution < 1.29 is 9.72 Å². The van der Waals surface area contributed by atoms with Gasteiger partial charge in [-0.2, -0.15) is 0 Å². The molecule has 0 saturated heterocycles. The standard InChI is InChI=1S/C18H14Cl2N4O3S/c1-11(17(25)22-16-10-14(24(26)27)5-6-15(16)20)28-18-21-7-8-23(18)13-4-2-3-12(19)9-13/h2-11H,1H3,(H,22,25).